The fourth-order valence-electron chi connectivity index (χ4n) is 5.16. The Hall–Kier alpha value is -3.64. The van der Waals surface area contributed by atoms with Gasteiger partial charge in [-0.1, -0.05) is 36.4 Å². The first-order valence-electron chi connectivity index (χ1n) is 13.3. The van der Waals surface area contributed by atoms with Crippen molar-refractivity contribution in [2.45, 2.75) is 38.6 Å². The van der Waals surface area contributed by atoms with Crippen LogP contribution in [0.5, 0.6) is 5.75 Å². The zero-order valence-corrected chi connectivity index (χ0v) is 20.9. The minimum atomic E-state index is -0.291. The number of nitrogens with one attached hydrogen (secondary N) is 1. The Morgan fingerprint density at radius 2 is 1.57 bits per heavy atom. The molecule has 1 atom stereocenters. The lowest BCUT2D eigenvalue weighted by molar-refractivity contribution is -0.148. The normalized spacial score (nSPS) is 19.6. The van der Waals surface area contributed by atoms with E-state index in [0.717, 1.165) is 47.4 Å². The number of hydrogen-bond acceptors (Lipinski definition) is 4. The molecular formula is C31H32N2O4. The van der Waals surface area contributed by atoms with Gasteiger partial charge in [-0.05, 0) is 79.1 Å². The highest BCUT2D eigenvalue weighted by Crippen LogP contribution is 2.35. The second-order valence-corrected chi connectivity index (χ2v) is 10.3. The molecule has 6 rings (SSSR count). The number of likely N-dealkylation sites (tertiary alicyclic amines) is 1. The van der Waals surface area contributed by atoms with Crippen molar-refractivity contribution >= 4 is 11.8 Å². The highest BCUT2D eigenvalue weighted by atomic mass is 16.7. The Morgan fingerprint density at radius 1 is 0.838 bits per heavy atom. The lowest BCUT2D eigenvalue weighted by Crippen LogP contribution is -2.44. The Kier molecular flexibility index (Phi) is 6.66. The van der Waals surface area contributed by atoms with Gasteiger partial charge in [0.25, 0.3) is 11.8 Å². The molecule has 0 spiro atoms. The second kappa shape index (κ2) is 10.4. The van der Waals surface area contributed by atoms with Crippen LogP contribution in [0, 0.1) is 11.8 Å². The van der Waals surface area contributed by atoms with E-state index in [1.54, 1.807) is 0 Å². The minimum Gasteiger partial charge on any atom is -0.464 e. The van der Waals surface area contributed by atoms with Crippen molar-refractivity contribution in [1.29, 1.82) is 0 Å². The largest absolute Gasteiger partial charge is 0.464 e. The average Bonchev–Trinajstić information content (AvgIpc) is 3.80. The summed E-state index contributed by atoms with van der Waals surface area (Å²) in [5.41, 5.74) is 4.58. The fraction of sp³-hybridized carbons (Fsp3) is 0.355. The standard InChI is InChI=1S/C31H32N2O4/c34-29(32-19-21-6-7-21)23-10-8-22(9-11-23)26-12-13-28-27(18-26)20-36-31(37-28)25-14-16-33(17-15-25)30(35)24-4-2-1-3-5-24/h1-5,8-13,18,21,25,31H,6-7,14-17,19-20H2,(H,32,34). The molecule has 1 N–H and O–H groups in total. The van der Waals surface area contributed by atoms with Crippen LogP contribution in [0.1, 0.15) is 52.0 Å². The van der Waals surface area contributed by atoms with Crippen molar-refractivity contribution in [3.8, 4) is 16.9 Å². The summed E-state index contributed by atoms with van der Waals surface area (Å²) in [7, 11) is 0. The number of hydrogen-bond donors (Lipinski definition) is 1. The van der Waals surface area contributed by atoms with Crippen LogP contribution < -0.4 is 10.1 Å². The number of nitrogens with zero attached hydrogens (tertiary/aromatic N) is 1. The summed E-state index contributed by atoms with van der Waals surface area (Å²) in [6.07, 6.45) is 3.87. The van der Waals surface area contributed by atoms with Gasteiger partial charge in [-0.3, -0.25) is 9.59 Å². The summed E-state index contributed by atoms with van der Waals surface area (Å²) in [6, 6.07) is 23.4. The topological polar surface area (TPSA) is 67.9 Å². The predicted molar refractivity (Wildman–Crippen MR) is 141 cm³/mol. The molecule has 2 amide bonds. The fourth-order valence-corrected chi connectivity index (χ4v) is 5.16. The number of piperidine rings is 1. The van der Waals surface area contributed by atoms with E-state index < -0.39 is 0 Å². The smallest absolute Gasteiger partial charge is 0.253 e. The molecule has 190 valence electrons. The molecular weight excluding hydrogens is 464 g/mol. The van der Waals surface area contributed by atoms with Crippen molar-refractivity contribution < 1.29 is 19.1 Å². The van der Waals surface area contributed by atoms with Crippen LogP contribution in [-0.4, -0.2) is 42.6 Å². The van der Waals surface area contributed by atoms with E-state index in [0.29, 0.717) is 31.2 Å². The van der Waals surface area contributed by atoms with Crippen molar-refractivity contribution in [2.75, 3.05) is 19.6 Å². The van der Waals surface area contributed by atoms with Gasteiger partial charge in [0.05, 0.1) is 6.61 Å². The molecule has 3 aromatic carbocycles. The number of benzene rings is 3. The molecule has 37 heavy (non-hydrogen) atoms. The quantitative estimate of drug-likeness (QED) is 0.504. The van der Waals surface area contributed by atoms with Gasteiger partial charge in [-0.25, -0.2) is 0 Å². The van der Waals surface area contributed by atoms with E-state index in [1.165, 1.54) is 12.8 Å². The zero-order chi connectivity index (χ0) is 25.2. The van der Waals surface area contributed by atoms with E-state index in [9.17, 15) is 9.59 Å². The molecule has 1 saturated heterocycles. The molecule has 2 heterocycles. The molecule has 0 aromatic heterocycles. The van der Waals surface area contributed by atoms with Gasteiger partial charge in [0.2, 0.25) is 6.29 Å². The molecule has 0 radical (unpaired) electrons. The maximum Gasteiger partial charge on any atom is 0.253 e. The van der Waals surface area contributed by atoms with Crippen molar-refractivity contribution in [3.63, 3.8) is 0 Å². The Bertz CT molecular complexity index is 1260. The molecule has 1 unspecified atom stereocenters. The molecule has 6 nitrogen and oxygen atoms in total. The maximum atomic E-state index is 12.7. The Labute approximate surface area is 217 Å². The van der Waals surface area contributed by atoms with E-state index in [-0.39, 0.29) is 24.0 Å². The van der Waals surface area contributed by atoms with Crippen LogP contribution in [-0.2, 0) is 11.3 Å². The van der Waals surface area contributed by atoms with Gasteiger partial charge in [0.1, 0.15) is 5.75 Å². The van der Waals surface area contributed by atoms with Crippen LogP contribution in [0.3, 0.4) is 0 Å². The van der Waals surface area contributed by atoms with Crippen LogP contribution in [0.25, 0.3) is 11.1 Å². The lowest BCUT2D eigenvalue weighted by Gasteiger charge is -2.37. The number of amides is 2. The molecule has 6 heteroatoms. The van der Waals surface area contributed by atoms with Gasteiger partial charge in [0, 0.05) is 42.2 Å². The second-order valence-electron chi connectivity index (χ2n) is 10.3. The van der Waals surface area contributed by atoms with E-state index in [2.05, 4.69) is 17.4 Å². The lowest BCUT2D eigenvalue weighted by atomic mass is 9.94. The highest BCUT2D eigenvalue weighted by molar-refractivity contribution is 5.95. The molecule has 0 bridgehead atoms. The first-order valence-corrected chi connectivity index (χ1v) is 13.3. The molecule has 2 aliphatic heterocycles. The van der Waals surface area contributed by atoms with E-state index in [4.69, 9.17) is 9.47 Å². The van der Waals surface area contributed by atoms with Crippen LogP contribution in [0.15, 0.2) is 72.8 Å². The summed E-state index contributed by atoms with van der Waals surface area (Å²) in [5, 5.41) is 3.02. The van der Waals surface area contributed by atoms with E-state index >= 15 is 0 Å². The molecule has 1 aliphatic carbocycles. The number of ether oxygens (including phenoxy) is 2. The van der Waals surface area contributed by atoms with Crippen LogP contribution >= 0.6 is 0 Å². The summed E-state index contributed by atoms with van der Waals surface area (Å²) < 4.78 is 12.4. The number of carbonyl (C=O) groups excluding carboxylic acids is 2. The van der Waals surface area contributed by atoms with Gasteiger partial charge < -0.3 is 19.7 Å². The summed E-state index contributed by atoms with van der Waals surface area (Å²) in [4.78, 5) is 27.0. The predicted octanol–water partition coefficient (Wildman–Crippen LogP) is 5.28. The van der Waals surface area contributed by atoms with Gasteiger partial charge >= 0.3 is 0 Å². The molecule has 1 saturated carbocycles. The third kappa shape index (κ3) is 5.39. The minimum absolute atomic E-state index is 0.00741. The maximum absolute atomic E-state index is 12.7. The Balaban J connectivity index is 1.05. The first kappa shape index (κ1) is 23.7. The summed E-state index contributed by atoms with van der Waals surface area (Å²) in [5.74, 6) is 1.87. The zero-order valence-electron chi connectivity index (χ0n) is 20.9. The number of carbonyl (C=O) groups is 2. The third-order valence-electron chi connectivity index (χ3n) is 7.67. The summed E-state index contributed by atoms with van der Waals surface area (Å²) in [6.45, 7) is 2.69. The van der Waals surface area contributed by atoms with Gasteiger partial charge in [-0.2, -0.15) is 0 Å². The van der Waals surface area contributed by atoms with Gasteiger partial charge in [0.15, 0.2) is 0 Å². The van der Waals surface area contributed by atoms with Crippen molar-refractivity contribution in [2.24, 2.45) is 11.8 Å². The third-order valence-corrected chi connectivity index (χ3v) is 7.67. The van der Waals surface area contributed by atoms with Crippen LogP contribution in [0.4, 0.5) is 0 Å². The van der Waals surface area contributed by atoms with E-state index in [1.807, 2.05) is 65.6 Å². The SMILES string of the molecule is O=C(NCC1CC1)c1ccc(-c2ccc3c(c2)COC(C2CCN(C(=O)c4ccccc4)CC2)O3)cc1. The van der Waals surface area contributed by atoms with Gasteiger partial charge in [-0.15, -0.1) is 0 Å². The highest BCUT2D eigenvalue weighted by Gasteiger charge is 2.33. The average molecular weight is 497 g/mol. The van der Waals surface area contributed by atoms with Crippen molar-refractivity contribution in [1.82, 2.24) is 10.2 Å². The monoisotopic (exact) mass is 496 g/mol. The first-order chi connectivity index (χ1) is 18.1. The number of fused-ring (bicyclic) bond motifs is 1. The molecule has 3 aliphatic rings. The number of rotatable bonds is 6. The van der Waals surface area contributed by atoms with Crippen LogP contribution in [0.2, 0.25) is 0 Å². The summed E-state index contributed by atoms with van der Waals surface area (Å²) >= 11 is 0. The molecule has 3 aromatic rings. The Morgan fingerprint density at radius 3 is 2.30 bits per heavy atom. The molecule has 2 fully saturated rings. The van der Waals surface area contributed by atoms with Crippen molar-refractivity contribution in [3.05, 3.63) is 89.5 Å².